The van der Waals surface area contributed by atoms with Crippen LogP contribution in [0.4, 0.5) is 5.69 Å². The zero-order chi connectivity index (χ0) is 22.2. The third-order valence-corrected chi connectivity index (χ3v) is 6.31. The van der Waals surface area contributed by atoms with E-state index in [0.29, 0.717) is 28.8 Å². The van der Waals surface area contributed by atoms with Gasteiger partial charge in [-0.25, -0.2) is 13.4 Å². The fraction of sp³-hybridized carbons (Fsp3) is 0.200. The molecular weight excluding hydrogens is 420 g/mol. The lowest BCUT2D eigenvalue weighted by atomic mass is 10.3. The first-order chi connectivity index (χ1) is 14.7. The highest BCUT2D eigenvalue weighted by molar-refractivity contribution is 7.92. The summed E-state index contributed by atoms with van der Waals surface area (Å²) in [6.07, 6.45) is 1.69. The van der Waals surface area contributed by atoms with Crippen LogP contribution in [0.2, 0.25) is 0 Å². The number of anilines is 1. The molecule has 31 heavy (non-hydrogen) atoms. The Kier molecular flexibility index (Phi) is 5.19. The van der Waals surface area contributed by atoms with Crippen molar-refractivity contribution in [2.45, 2.75) is 32.6 Å². The minimum absolute atomic E-state index is 0.0338. The van der Waals surface area contributed by atoms with E-state index in [0.717, 1.165) is 11.4 Å². The fourth-order valence-electron chi connectivity index (χ4n) is 3.00. The molecule has 10 nitrogen and oxygen atoms in total. The Labute approximate surface area is 178 Å². The van der Waals surface area contributed by atoms with Crippen molar-refractivity contribution < 1.29 is 17.7 Å². The Balaban J connectivity index is 1.46. The van der Waals surface area contributed by atoms with E-state index in [4.69, 9.17) is 9.26 Å². The molecule has 0 amide bonds. The maximum absolute atomic E-state index is 12.6. The van der Waals surface area contributed by atoms with E-state index in [1.165, 1.54) is 0 Å². The van der Waals surface area contributed by atoms with Crippen LogP contribution >= 0.6 is 0 Å². The molecule has 0 saturated heterocycles. The number of hydrogen-bond acceptors (Lipinski definition) is 8. The molecule has 0 bridgehead atoms. The fourth-order valence-corrected chi connectivity index (χ4v) is 4.39. The van der Waals surface area contributed by atoms with E-state index in [9.17, 15) is 8.42 Å². The van der Waals surface area contributed by atoms with Crippen molar-refractivity contribution in [1.82, 2.24) is 24.9 Å². The number of hydrogen-bond donors (Lipinski definition) is 1. The SMILES string of the molecule is Cc1noc(C)c1S(=O)(=O)Nc1ccc(Oc2ccc(-n3cnc(C)c3C)nn2)cc1. The molecular formula is C20H20N6O4S. The van der Waals surface area contributed by atoms with Gasteiger partial charge in [-0.1, -0.05) is 5.16 Å². The molecule has 11 heteroatoms. The maximum atomic E-state index is 12.6. The molecule has 0 radical (unpaired) electrons. The monoisotopic (exact) mass is 440 g/mol. The summed E-state index contributed by atoms with van der Waals surface area (Å²) < 4.78 is 40.2. The van der Waals surface area contributed by atoms with Crippen LogP contribution in [0.25, 0.3) is 5.82 Å². The molecule has 4 aromatic rings. The van der Waals surface area contributed by atoms with E-state index < -0.39 is 10.0 Å². The topological polar surface area (TPSA) is 125 Å². The van der Waals surface area contributed by atoms with E-state index >= 15 is 0 Å². The first-order valence-electron chi connectivity index (χ1n) is 9.33. The molecule has 0 atom stereocenters. The predicted octanol–water partition coefficient (Wildman–Crippen LogP) is 3.48. The Bertz CT molecular complexity index is 1310. The summed E-state index contributed by atoms with van der Waals surface area (Å²) in [5.74, 6) is 1.65. The summed E-state index contributed by atoms with van der Waals surface area (Å²) in [5, 5.41) is 11.9. The van der Waals surface area contributed by atoms with Crippen LogP contribution in [0.1, 0.15) is 22.8 Å². The van der Waals surface area contributed by atoms with Crippen molar-refractivity contribution in [1.29, 1.82) is 0 Å². The van der Waals surface area contributed by atoms with E-state index in [-0.39, 0.29) is 10.7 Å². The van der Waals surface area contributed by atoms with Crippen LogP contribution in [-0.4, -0.2) is 33.3 Å². The number of aryl methyl sites for hydroxylation is 3. The highest BCUT2D eigenvalue weighted by Crippen LogP contribution is 2.25. The summed E-state index contributed by atoms with van der Waals surface area (Å²) in [5.41, 5.74) is 2.58. The number of benzene rings is 1. The Morgan fingerprint density at radius 2 is 1.71 bits per heavy atom. The van der Waals surface area contributed by atoms with Gasteiger partial charge in [-0.3, -0.25) is 9.29 Å². The van der Waals surface area contributed by atoms with Crippen molar-refractivity contribution in [2.75, 3.05) is 4.72 Å². The van der Waals surface area contributed by atoms with Crippen LogP contribution in [0, 0.1) is 27.7 Å². The molecule has 3 heterocycles. The Morgan fingerprint density at radius 1 is 0.968 bits per heavy atom. The first kappa shape index (κ1) is 20.5. The number of sulfonamides is 1. The van der Waals surface area contributed by atoms with Crippen molar-refractivity contribution in [2.24, 2.45) is 0 Å². The van der Waals surface area contributed by atoms with Gasteiger partial charge in [-0.2, -0.15) is 0 Å². The molecule has 0 aliphatic rings. The Hall–Kier alpha value is -3.73. The largest absolute Gasteiger partial charge is 0.438 e. The van der Waals surface area contributed by atoms with Crippen molar-refractivity contribution in [3.63, 3.8) is 0 Å². The van der Waals surface area contributed by atoms with Gasteiger partial charge in [0.1, 0.15) is 17.8 Å². The third-order valence-electron chi connectivity index (χ3n) is 4.69. The van der Waals surface area contributed by atoms with E-state index in [1.807, 2.05) is 18.4 Å². The number of nitrogens with zero attached hydrogens (tertiary/aromatic N) is 5. The molecule has 160 valence electrons. The van der Waals surface area contributed by atoms with Gasteiger partial charge in [-0.15, -0.1) is 10.2 Å². The van der Waals surface area contributed by atoms with Gasteiger partial charge < -0.3 is 9.26 Å². The quantitative estimate of drug-likeness (QED) is 0.483. The normalized spacial score (nSPS) is 11.5. The summed E-state index contributed by atoms with van der Waals surface area (Å²) in [6.45, 7) is 7.00. The summed E-state index contributed by atoms with van der Waals surface area (Å²) >= 11 is 0. The maximum Gasteiger partial charge on any atom is 0.267 e. The number of nitrogens with one attached hydrogen (secondary N) is 1. The Morgan fingerprint density at radius 3 is 2.26 bits per heavy atom. The lowest BCUT2D eigenvalue weighted by Gasteiger charge is -2.09. The number of imidazole rings is 1. The molecule has 0 aliphatic heterocycles. The van der Waals surface area contributed by atoms with Crippen molar-refractivity contribution >= 4 is 15.7 Å². The van der Waals surface area contributed by atoms with Gasteiger partial charge in [0.15, 0.2) is 16.5 Å². The van der Waals surface area contributed by atoms with Gasteiger partial charge in [0.25, 0.3) is 10.0 Å². The van der Waals surface area contributed by atoms with E-state index in [1.54, 1.807) is 56.6 Å². The van der Waals surface area contributed by atoms with Gasteiger partial charge >= 0.3 is 0 Å². The standard InChI is InChI=1S/C20H20N6O4S/c1-12-14(3)26(11-21-12)18-9-10-19(23-22-18)29-17-7-5-16(6-8-17)25-31(27,28)20-13(2)24-30-15(20)4/h5-11,25H,1-4H3. The molecule has 1 N–H and O–H groups in total. The molecule has 0 spiro atoms. The summed E-state index contributed by atoms with van der Waals surface area (Å²) in [6, 6.07) is 9.91. The third kappa shape index (κ3) is 4.12. The molecule has 1 aromatic carbocycles. The molecule has 0 unspecified atom stereocenters. The van der Waals surface area contributed by atoms with Crippen LogP contribution in [0.5, 0.6) is 11.6 Å². The van der Waals surface area contributed by atoms with Crippen molar-refractivity contribution in [3.8, 4) is 17.4 Å². The predicted molar refractivity (Wildman–Crippen MR) is 112 cm³/mol. The average molecular weight is 440 g/mol. The molecule has 3 aromatic heterocycles. The van der Waals surface area contributed by atoms with Crippen LogP contribution < -0.4 is 9.46 Å². The van der Waals surface area contributed by atoms with Crippen LogP contribution in [0.15, 0.2) is 52.1 Å². The van der Waals surface area contributed by atoms with E-state index in [2.05, 4.69) is 25.1 Å². The number of aromatic nitrogens is 5. The lowest BCUT2D eigenvalue weighted by Crippen LogP contribution is -2.14. The highest BCUT2D eigenvalue weighted by Gasteiger charge is 2.24. The van der Waals surface area contributed by atoms with Crippen molar-refractivity contribution in [3.05, 3.63) is 65.6 Å². The summed E-state index contributed by atoms with van der Waals surface area (Å²) in [4.78, 5) is 4.28. The minimum atomic E-state index is -3.81. The number of rotatable bonds is 6. The van der Waals surface area contributed by atoms with Crippen LogP contribution in [-0.2, 0) is 10.0 Å². The van der Waals surface area contributed by atoms with Gasteiger partial charge in [-0.05, 0) is 58.0 Å². The summed E-state index contributed by atoms with van der Waals surface area (Å²) in [7, 11) is -3.81. The second kappa shape index (κ2) is 7.84. The van der Waals surface area contributed by atoms with Gasteiger partial charge in [0.05, 0.1) is 5.69 Å². The minimum Gasteiger partial charge on any atom is -0.438 e. The zero-order valence-corrected chi connectivity index (χ0v) is 18.1. The van der Waals surface area contributed by atoms with Crippen LogP contribution in [0.3, 0.4) is 0 Å². The highest BCUT2D eigenvalue weighted by atomic mass is 32.2. The average Bonchev–Trinajstić information content (AvgIpc) is 3.25. The molecule has 0 fully saturated rings. The smallest absolute Gasteiger partial charge is 0.267 e. The zero-order valence-electron chi connectivity index (χ0n) is 17.3. The molecule has 0 saturated carbocycles. The second-order valence-electron chi connectivity index (χ2n) is 6.90. The van der Waals surface area contributed by atoms with Gasteiger partial charge in [0, 0.05) is 17.4 Å². The molecule has 4 rings (SSSR count). The van der Waals surface area contributed by atoms with Gasteiger partial charge in [0.2, 0.25) is 5.88 Å². The molecule has 0 aliphatic carbocycles. The second-order valence-corrected chi connectivity index (χ2v) is 8.52. The number of ether oxygens (including phenoxy) is 1. The lowest BCUT2D eigenvalue weighted by molar-refractivity contribution is 0.390. The first-order valence-corrected chi connectivity index (χ1v) is 10.8.